The molecule has 0 bridgehead atoms. The maximum absolute atomic E-state index is 6.26. The minimum absolute atomic E-state index is 0.350. The summed E-state index contributed by atoms with van der Waals surface area (Å²) < 4.78 is 18.6. The number of rotatable bonds is 1. The van der Waals surface area contributed by atoms with E-state index in [2.05, 4.69) is 64.1 Å². The van der Waals surface area contributed by atoms with E-state index in [1.165, 1.54) is 5.39 Å². The highest BCUT2D eigenvalue weighted by Gasteiger charge is 2.51. The zero-order valence-corrected chi connectivity index (χ0v) is 15.5. The van der Waals surface area contributed by atoms with Crippen LogP contribution in [-0.4, -0.2) is 18.3 Å². The van der Waals surface area contributed by atoms with Crippen LogP contribution in [0.3, 0.4) is 0 Å². The SMILES string of the molecule is CC1(C)OB(c2ccc3c(c2)oc2c4ccccc4ccc32)OC1(C)C. The average molecular weight is 344 g/mol. The van der Waals surface area contributed by atoms with Gasteiger partial charge in [0, 0.05) is 16.2 Å². The zero-order chi connectivity index (χ0) is 18.1. The molecule has 4 heteroatoms. The molecule has 0 atom stereocenters. The van der Waals surface area contributed by atoms with E-state index < -0.39 is 0 Å². The van der Waals surface area contributed by atoms with Gasteiger partial charge >= 0.3 is 7.12 Å². The van der Waals surface area contributed by atoms with E-state index in [4.69, 9.17) is 13.7 Å². The first-order valence-electron chi connectivity index (χ1n) is 9.05. The Kier molecular flexibility index (Phi) is 3.14. The lowest BCUT2D eigenvalue weighted by Gasteiger charge is -2.32. The predicted octanol–water partition coefficient (Wildman–Crippen LogP) is 5.04. The van der Waals surface area contributed by atoms with Crippen molar-refractivity contribution in [3.05, 3.63) is 54.6 Å². The molecule has 0 unspecified atom stereocenters. The lowest BCUT2D eigenvalue weighted by atomic mass is 9.79. The van der Waals surface area contributed by atoms with E-state index in [-0.39, 0.29) is 18.3 Å². The molecule has 0 saturated carbocycles. The Morgan fingerprint density at radius 1 is 0.731 bits per heavy atom. The van der Waals surface area contributed by atoms with Gasteiger partial charge in [0.2, 0.25) is 0 Å². The van der Waals surface area contributed by atoms with E-state index in [0.717, 1.165) is 32.8 Å². The highest BCUT2D eigenvalue weighted by atomic mass is 16.7. The van der Waals surface area contributed by atoms with Gasteiger partial charge in [0.25, 0.3) is 0 Å². The van der Waals surface area contributed by atoms with E-state index in [0.29, 0.717) is 0 Å². The largest absolute Gasteiger partial charge is 0.494 e. The Morgan fingerprint density at radius 3 is 2.19 bits per heavy atom. The minimum atomic E-state index is -0.380. The summed E-state index contributed by atoms with van der Waals surface area (Å²) in [7, 11) is -0.380. The van der Waals surface area contributed by atoms with E-state index in [1.807, 2.05) is 18.2 Å². The van der Waals surface area contributed by atoms with Crippen LogP contribution < -0.4 is 5.46 Å². The molecule has 0 aliphatic carbocycles. The predicted molar refractivity (Wildman–Crippen MR) is 107 cm³/mol. The molecule has 1 aliphatic rings. The Balaban J connectivity index is 1.67. The normalized spacial score (nSPS) is 19.0. The second kappa shape index (κ2) is 5.12. The summed E-state index contributed by atoms with van der Waals surface area (Å²) in [5.74, 6) is 0. The van der Waals surface area contributed by atoms with Gasteiger partial charge < -0.3 is 13.7 Å². The third kappa shape index (κ3) is 2.16. The highest BCUT2D eigenvalue weighted by molar-refractivity contribution is 6.62. The Morgan fingerprint density at radius 2 is 1.42 bits per heavy atom. The third-order valence-corrected chi connectivity index (χ3v) is 5.91. The smallest absolute Gasteiger partial charge is 0.455 e. The molecule has 0 amide bonds. The second-order valence-corrected chi connectivity index (χ2v) is 8.11. The van der Waals surface area contributed by atoms with Crippen LogP contribution in [0, 0.1) is 0 Å². The molecule has 1 aromatic heterocycles. The number of hydrogen-bond acceptors (Lipinski definition) is 3. The van der Waals surface area contributed by atoms with Crippen molar-refractivity contribution in [1.29, 1.82) is 0 Å². The van der Waals surface area contributed by atoms with Crippen molar-refractivity contribution < 1.29 is 13.7 Å². The van der Waals surface area contributed by atoms with E-state index in [9.17, 15) is 0 Å². The van der Waals surface area contributed by atoms with E-state index in [1.54, 1.807) is 0 Å². The van der Waals surface area contributed by atoms with Gasteiger partial charge in [0.1, 0.15) is 11.2 Å². The van der Waals surface area contributed by atoms with Gasteiger partial charge in [-0.15, -0.1) is 0 Å². The third-order valence-electron chi connectivity index (χ3n) is 5.91. The van der Waals surface area contributed by atoms with Crippen LogP contribution in [0.4, 0.5) is 0 Å². The Labute approximate surface area is 153 Å². The Bertz CT molecular complexity index is 1140. The van der Waals surface area contributed by atoms with Crippen molar-refractivity contribution in [2.75, 3.05) is 0 Å². The summed E-state index contributed by atoms with van der Waals surface area (Å²) in [5.41, 5.74) is 2.08. The van der Waals surface area contributed by atoms with Crippen LogP contribution in [-0.2, 0) is 9.31 Å². The quantitative estimate of drug-likeness (QED) is 0.454. The van der Waals surface area contributed by atoms with Crippen molar-refractivity contribution in [2.45, 2.75) is 38.9 Å². The standard InChI is InChI=1S/C22H21BO3/c1-21(2)22(3,4)26-23(25-21)15-10-12-17-18-11-9-14-7-5-6-8-16(14)20(18)24-19(17)13-15/h5-13H,1-4H3. The molecule has 3 nitrogen and oxygen atoms in total. The van der Waals surface area contributed by atoms with Gasteiger partial charge in [-0.2, -0.15) is 0 Å². The summed E-state index contributed by atoms with van der Waals surface area (Å²) in [6, 6.07) is 18.8. The second-order valence-electron chi connectivity index (χ2n) is 8.11. The molecule has 0 N–H and O–H groups in total. The van der Waals surface area contributed by atoms with E-state index >= 15 is 0 Å². The van der Waals surface area contributed by atoms with Crippen molar-refractivity contribution in [3.63, 3.8) is 0 Å². The molecule has 1 aliphatic heterocycles. The molecule has 1 saturated heterocycles. The van der Waals surface area contributed by atoms with Gasteiger partial charge in [-0.3, -0.25) is 0 Å². The van der Waals surface area contributed by atoms with Crippen molar-refractivity contribution in [3.8, 4) is 0 Å². The minimum Gasteiger partial charge on any atom is -0.455 e. The number of furan rings is 1. The lowest BCUT2D eigenvalue weighted by molar-refractivity contribution is 0.00578. The summed E-state index contributed by atoms with van der Waals surface area (Å²) in [4.78, 5) is 0. The monoisotopic (exact) mass is 344 g/mol. The summed E-state index contributed by atoms with van der Waals surface area (Å²) in [5, 5.41) is 4.58. The lowest BCUT2D eigenvalue weighted by Crippen LogP contribution is -2.41. The van der Waals surface area contributed by atoms with Crippen LogP contribution in [0.5, 0.6) is 0 Å². The number of fused-ring (bicyclic) bond motifs is 5. The van der Waals surface area contributed by atoms with Crippen LogP contribution in [0.15, 0.2) is 59.0 Å². The maximum Gasteiger partial charge on any atom is 0.494 e. The molecule has 5 rings (SSSR count). The fraction of sp³-hybridized carbons (Fsp3) is 0.273. The molecule has 4 aromatic rings. The van der Waals surface area contributed by atoms with Gasteiger partial charge in [0.05, 0.1) is 11.2 Å². The zero-order valence-electron chi connectivity index (χ0n) is 15.5. The average Bonchev–Trinajstić information content (AvgIpc) is 3.08. The van der Waals surface area contributed by atoms with Crippen LogP contribution >= 0.6 is 0 Å². The molecule has 0 spiro atoms. The Hall–Kier alpha value is -2.30. The molecule has 26 heavy (non-hydrogen) atoms. The van der Waals surface area contributed by atoms with Crippen molar-refractivity contribution >= 4 is 45.3 Å². The summed E-state index contributed by atoms with van der Waals surface area (Å²) >= 11 is 0. The molecule has 0 radical (unpaired) electrons. The summed E-state index contributed by atoms with van der Waals surface area (Å²) in [6.07, 6.45) is 0. The number of benzene rings is 3. The first-order valence-corrected chi connectivity index (χ1v) is 9.05. The van der Waals surface area contributed by atoms with Crippen LogP contribution in [0.1, 0.15) is 27.7 Å². The van der Waals surface area contributed by atoms with Crippen LogP contribution in [0.2, 0.25) is 0 Å². The molecule has 1 fully saturated rings. The van der Waals surface area contributed by atoms with Gasteiger partial charge in [-0.05, 0) is 50.7 Å². The molecule has 130 valence electrons. The highest BCUT2D eigenvalue weighted by Crippen LogP contribution is 2.37. The summed E-state index contributed by atoms with van der Waals surface area (Å²) in [6.45, 7) is 8.27. The fourth-order valence-corrected chi connectivity index (χ4v) is 3.65. The topological polar surface area (TPSA) is 31.6 Å². The first kappa shape index (κ1) is 15.9. The van der Waals surface area contributed by atoms with Crippen molar-refractivity contribution in [2.24, 2.45) is 0 Å². The number of hydrogen-bond donors (Lipinski definition) is 0. The van der Waals surface area contributed by atoms with Gasteiger partial charge in [0.15, 0.2) is 0 Å². The maximum atomic E-state index is 6.26. The molecule has 2 heterocycles. The van der Waals surface area contributed by atoms with Gasteiger partial charge in [-0.1, -0.05) is 42.5 Å². The molecule has 3 aromatic carbocycles. The van der Waals surface area contributed by atoms with Crippen LogP contribution in [0.25, 0.3) is 32.7 Å². The molecular formula is C22H21BO3. The van der Waals surface area contributed by atoms with Gasteiger partial charge in [-0.25, -0.2) is 0 Å². The fourth-order valence-electron chi connectivity index (χ4n) is 3.65. The van der Waals surface area contributed by atoms with Crippen molar-refractivity contribution in [1.82, 2.24) is 0 Å². The first-order chi connectivity index (χ1) is 12.4. The molecular weight excluding hydrogens is 323 g/mol.